The second kappa shape index (κ2) is 9.47. The van der Waals surface area contributed by atoms with Crippen LogP contribution in [0, 0.1) is 0 Å². The summed E-state index contributed by atoms with van der Waals surface area (Å²) in [5.41, 5.74) is 0.129. The van der Waals surface area contributed by atoms with Crippen LogP contribution in [0.4, 0.5) is 0 Å². The molecule has 1 fully saturated rings. The molecule has 0 bridgehead atoms. The van der Waals surface area contributed by atoms with Gasteiger partial charge >= 0.3 is 0 Å². The topological polar surface area (TPSA) is 61.8 Å². The number of hydrogen-bond acceptors (Lipinski definition) is 4. The van der Waals surface area contributed by atoms with E-state index in [2.05, 4.69) is 39.4 Å². The Morgan fingerprint density at radius 1 is 1.29 bits per heavy atom. The van der Waals surface area contributed by atoms with Gasteiger partial charge < -0.3 is 15.4 Å². The molecule has 134 valence electrons. The summed E-state index contributed by atoms with van der Waals surface area (Å²) in [4.78, 5) is 10.9. The van der Waals surface area contributed by atoms with Gasteiger partial charge in [-0.1, -0.05) is 6.42 Å². The largest absolute Gasteiger partial charge is 0.490 e. The molecule has 24 heavy (non-hydrogen) atoms. The summed E-state index contributed by atoms with van der Waals surface area (Å²) in [5.74, 6) is 1.60. The maximum atomic E-state index is 5.63. The van der Waals surface area contributed by atoms with Crippen LogP contribution in [-0.2, 0) is 0 Å². The molecule has 0 radical (unpaired) electrons. The minimum Gasteiger partial charge on any atom is -0.490 e. The van der Waals surface area contributed by atoms with E-state index in [1.54, 1.807) is 19.4 Å². The first-order valence-corrected chi connectivity index (χ1v) is 8.84. The molecule has 0 aromatic carbocycles. The number of guanidine groups is 1. The number of rotatable bonds is 7. The minimum atomic E-state index is 0.129. The molecule has 1 saturated heterocycles. The Balaban J connectivity index is 1.68. The van der Waals surface area contributed by atoms with Gasteiger partial charge in [0.2, 0.25) is 0 Å². The molecular formula is C18H31N5O. The van der Waals surface area contributed by atoms with Gasteiger partial charge in [0.1, 0.15) is 12.4 Å². The second-order valence-corrected chi connectivity index (χ2v) is 6.75. The van der Waals surface area contributed by atoms with E-state index >= 15 is 0 Å². The molecule has 0 aliphatic carbocycles. The molecule has 6 nitrogen and oxygen atoms in total. The lowest BCUT2D eigenvalue weighted by molar-refractivity contribution is 0.0982. The lowest BCUT2D eigenvalue weighted by Crippen LogP contribution is -2.55. The smallest absolute Gasteiger partial charge is 0.191 e. The van der Waals surface area contributed by atoms with Gasteiger partial charge in [0.15, 0.2) is 5.96 Å². The zero-order chi connectivity index (χ0) is 17.3. The van der Waals surface area contributed by atoms with Crippen molar-refractivity contribution in [3.63, 3.8) is 0 Å². The molecular weight excluding hydrogens is 302 g/mol. The molecule has 1 aromatic rings. The number of hydrogen-bond donors (Lipinski definition) is 2. The average Bonchev–Trinajstić information content (AvgIpc) is 2.63. The summed E-state index contributed by atoms with van der Waals surface area (Å²) in [7, 11) is 1.80. The van der Waals surface area contributed by atoms with Crippen LogP contribution < -0.4 is 15.4 Å². The summed E-state index contributed by atoms with van der Waals surface area (Å²) in [6.07, 6.45) is 7.43. The summed E-state index contributed by atoms with van der Waals surface area (Å²) < 4.78 is 5.63. The van der Waals surface area contributed by atoms with E-state index < -0.39 is 0 Å². The third-order valence-corrected chi connectivity index (χ3v) is 4.42. The third-order valence-electron chi connectivity index (χ3n) is 4.42. The standard InChI is InChI=1S/C18H31N5O/c1-18(2,23-11-5-4-6-12-23)15-22-17(19-3)21-10-13-24-16-8-7-9-20-14-16/h7-9,14H,4-6,10-13,15H2,1-3H3,(H2,19,21,22). The Morgan fingerprint density at radius 3 is 2.75 bits per heavy atom. The first kappa shape index (κ1) is 18.5. The SMILES string of the molecule is CN=C(NCCOc1cccnc1)NCC(C)(C)N1CCCCC1. The van der Waals surface area contributed by atoms with E-state index in [1.165, 1.54) is 32.4 Å². The molecule has 2 N–H and O–H groups in total. The Hall–Kier alpha value is -1.82. The molecule has 0 atom stereocenters. The van der Waals surface area contributed by atoms with Crippen LogP contribution in [0.25, 0.3) is 0 Å². The van der Waals surface area contributed by atoms with Crippen molar-refractivity contribution in [3.8, 4) is 5.75 Å². The normalized spacial score (nSPS) is 16.7. The molecule has 0 unspecified atom stereocenters. The molecule has 6 heteroatoms. The van der Waals surface area contributed by atoms with Gasteiger partial charge in [0.05, 0.1) is 12.7 Å². The predicted octanol–water partition coefficient (Wildman–Crippen LogP) is 1.89. The Kier molecular flexibility index (Phi) is 7.31. The molecule has 1 aliphatic heterocycles. The maximum Gasteiger partial charge on any atom is 0.191 e. The lowest BCUT2D eigenvalue weighted by atomic mass is 9.98. The average molecular weight is 333 g/mol. The number of likely N-dealkylation sites (tertiary alicyclic amines) is 1. The van der Waals surface area contributed by atoms with E-state index in [0.29, 0.717) is 13.2 Å². The summed E-state index contributed by atoms with van der Waals surface area (Å²) in [6.45, 7) is 9.12. The van der Waals surface area contributed by atoms with E-state index in [4.69, 9.17) is 4.74 Å². The van der Waals surface area contributed by atoms with Crippen molar-refractivity contribution in [1.82, 2.24) is 20.5 Å². The minimum absolute atomic E-state index is 0.129. The highest BCUT2D eigenvalue weighted by molar-refractivity contribution is 5.79. The fourth-order valence-electron chi connectivity index (χ4n) is 2.90. The highest BCUT2D eigenvalue weighted by atomic mass is 16.5. The highest BCUT2D eigenvalue weighted by Gasteiger charge is 2.27. The van der Waals surface area contributed by atoms with Crippen molar-refractivity contribution in [2.24, 2.45) is 4.99 Å². The van der Waals surface area contributed by atoms with Crippen molar-refractivity contribution in [2.45, 2.75) is 38.6 Å². The molecule has 1 aliphatic rings. The van der Waals surface area contributed by atoms with Crippen LogP contribution in [0.3, 0.4) is 0 Å². The van der Waals surface area contributed by atoms with Crippen molar-refractivity contribution in [1.29, 1.82) is 0 Å². The Morgan fingerprint density at radius 2 is 2.08 bits per heavy atom. The molecule has 0 spiro atoms. The summed E-state index contributed by atoms with van der Waals surface area (Å²) in [5, 5.41) is 6.73. The number of aromatic nitrogens is 1. The summed E-state index contributed by atoms with van der Waals surface area (Å²) in [6, 6.07) is 3.77. The van der Waals surface area contributed by atoms with Crippen LogP contribution in [0.5, 0.6) is 5.75 Å². The van der Waals surface area contributed by atoms with Gasteiger partial charge in [0.25, 0.3) is 0 Å². The lowest BCUT2D eigenvalue weighted by Gasteiger charge is -2.41. The van der Waals surface area contributed by atoms with Crippen molar-refractivity contribution in [3.05, 3.63) is 24.5 Å². The Bertz CT molecular complexity index is 497. The van der Waals surface area contributed by atoms with E-state index in [1.807, 2.05) is 12.1 Å². The molecule has 2 rings (SSSR count). The van der Waals surface area contributed by atoms with Gasteiger partial charge in [-0.05, 0) is 51.9 Å². The number of aliphatic imine (C=N–C) groups is 1. The second-order valence-electron chi connectivity index (χ2n) is 6.75. The molecule has 1 aromatic heterocycles. The number of ether oxygens (including phenoxy) is 1. The van der Waals surface area contributed by atoms with Crippen molar-refractivity contribution < 1.29 is 4.74 Å². The number of nitrogens with zero attached hydrogens (tertiary/aromatic N) is 3. The van der Waals surface area contributed by atoms with Crippen LogP contribution >= 0.6 is 0 Å². The van der Waals surface area contributed by atoms with Gasteiger partial charge in [-0.2, -0.15) is 0 Å². The van der Waals surface area contributed by atoms with Gasteiger partial charge in [-0.15, -0.1) is 0 Å². The van der Waals surface area contributed by atoms with Crippen molar-refractivity contribution in [2.75, 3.05) is 39.8 Å². The molecule has 2 heterocycles. The van der Waals surface area contributed by atoms with Gasteiger partial charge in [0, 0.05) is 25.3 Å². The molecule has 0 saturated carbocycles. The van der Waals surface area contributed by atoms with Gasteiger partial charge in [-0.3, -0.25) is 14.9 Å². The van der Waals surface area contributed by atoms with E-state index in [9.17, 15) is 0 Å². The first-order chi connectivity index (χ1) is 11.6. The van der Waals surface area contributed by atoms with Crippen molar-refractivity contribution >= 4 is 5.96 Å². The van der Waals surface area contributed by atoms with Crippen LogP contribution in [-0.4, -0.2) is 61.2 Å². The summed E-state index contributed by atoms with van der Waals surface area (Å²) >= 11 is 0. The number of pyridine rings is 1. The fourth-order valence-corrected chi connectivity index (χ4v) is 2.90. The molecule has 0 amide bonds. The Labute approximate surface area is 145 Å². The van der Waals surface area contributed by atoms with Crippen LogP contribution in [0.1, 0.15) is 33.1 Å². The maximum absolute atomic E-state index is 5.63. The van der Waals surface area contributed by atoms with Crippen LogP contribution in [0.2, 0.25) is 0 Å². The number of nitrogens with one attached hydrogen (secondary N) is 2. The van der Waals surface area contributed by atoms with E-state index in [0.717, 1.165) is 18.3 Å². The highest BCUT2D eigenvalue weighted by Crippen LogP contribution is 2.19. The predicted molar refractivity (Wildman–Crippen MR) is 98.6 cm³/mol. The van der Waals surface area contributed by atoms with Crippen LogP contribution in [0.15, 0.2) is 29.5 Å². The van der Waals surface area contributed by atoms with E-state index in [-0.39, 0.29) is 5.54 Å². The van der Waals surface area contributed by atoms with Gasteiger partial charge in [-0.25, -0.2) is 0 Å². The first-order valence-electron chi connectivity index (χ1n) is 8.84. The number of piperidine rings is 1. The zero-order valence-corrected chi connectivity index (χ0v) is 15.2. The third kappa shape index (κ3) is 6.00. The quantitative estimate of drug-likeness (QED) is 0.453. The fraction of sp³-hybridized carbons (Fsp3) is 0.667. The zero-order valence-electron chi connectivity index (χ0n) is 15.2. The monoisotopic (exact) mass is 333 g/mol.